The standard InChI is InChI=1S/C25H30N2O3/c1-16-4-5-20(12-21(16)27-24(29)22-3-2-8-30-22)23(28)26-7-6-25-13-17-9-18(14-25)11-19(10-17)15-25/h2-5,8,12,17-19H,6-7,9-11,13-15H2,1H3,(H,26,28)(H,27,29). The van der Waals surface area contributed by atoms with Gasteiger partial charge in [-0.3, -0.25) is 9.59 Å². The van der Waals surface area contributed by atoms with Gasteiger partial charge in [0.05, 0.1) is 6.26 Å². The molecule has 2 amide bonds. The van der Waals surface area contributed by atoms with Crippen molar-refractivity contribution in [1.29, 1.82) is 0 Å². The predicted molar refractivity (Wildman–Crippen MR) is 115 cm³/mol. The Hall–Kier alpha value is -2.56. The molecule has 5 nitrogen and oxygen atoms in total. The summed E-state index contributed by atoms with van der Waals surface area (Å²) in [6.45, 7) is 2.64. The zero-order chi connectivity index (χ0) is 20.7. The minimum atomic E-state index is -0.317. The molecule has 4 saturated carbocycles. The van der Waals surface area contributed by atoms with Gasteiger partial charge in [-0.2, -0.15) is 0 Å². The number of carbonyl (C=O) groups excluding carboxylic acids is 2. The summed E-state index contributed by atoms with van der Waals surface area (Å²) in [5.74, 6) is 2.66. The first-order valence-corrected chi connectivity index (χ1v) is 11.2. The van der Waals surface area contributed by atoms with E-state index in [4.69, 9.17) is 4.42 Å². The Morgan fingerprint density at radius 2 is 1.73 bits per heavy atom. The molecule has 0 radical (unpaired) electrons. The van der Waals surface area contributed by atoms with E-state index < -0.39 is 0 Å². The molecule has 1 aromatic carbocycles. The van der Waals surface area contributed by atoms with Crippen molar-refractivity contribution < 1.29 is 14.0 Å². The van der Waals surface area contributed by atoms with Gasteiger partial charge in [0.25, 0.3) is 11.8 Å². The smallest absolute Gasteiger partial charge is 0.291 e. The van der Waals surface area contributed by atoms with Gasteiger partial charge in [-0.05, 0) is 105 Å². The highest BCUT2D eigenvalue weighted by Gasteiger charge is 2.50. The number of carbonyl (C=O) groups is 2. The lowest BCUT2D eigenvalue weighted by Gasteiger charge is -2.57. The lowest BCUT2D eigenvalue weighted by Crippen LogP contribution is -2.47. The lowest BCUT2D eigenvalue weighted by molar-refractivity contribution is -0.0564. The van der Waals surface area contributed by atoms with Gasteiger partial charge in [0, 0.05) is 17.8 Å². The van der Waals surface area contributed by atoms with Crippen molar-refractivity contribution in [3.63, 3.8) is 0 Å². The molecule has 2 N–H and O–H groups in total. The molecule has 6 rings (SSSR count). The molecule has 158 valence electrons. The number of nitrogens with one attached hydrogen (secondary N) is 2. The Morgan fingerprint density at radius 1 is 1.03 bits per heavy atom. The monoisotopic (exact) mass is 406 g/mol. The third kappa shape index (κ3) is 3.78. The number of amides is 2. The summed E-state index contributed by atoms with van der Waals surface area (Å²) < 4.78 is 5.15. The fraction of sp³-hybridized carbons (Fsp3) is 0.520. The molecule has 0 saturated heterocycles. The van der Waals surface area contributed by atoms with Crippen LogP contribution in [0.3, 0.4) is 0 Å². The Bertz CT molecular complexity index is 912. The van der Waals surface area contributed by atoms with Gasteiger partial charge in [-0.1, -0.05) is 6.07 Å². The van der Waals surface area contributed by atoms with Gasteiger partial charge >= 0.3 is 0 Å². The summed E-state index contributed by atoms with van der Waals surface area (Å²) in [4.78, 5) is 25.0. The number of aryl methyl sites for hydroxylation is 1. The van der Waals surface area contributed by atoms with Crippen molar-refractivity contribution in [3.05, 3.63) is 53.5 Å². The van der Waals surface area contributed by atoms with Crippen LogP contribution >= 0.6 is 0 Å². The molecule has 5 heteroatoms. The SMILES string of the molecule is Cc1ccc(C(=O)NCCC23CC4CC(CC(C4)C2)C3)cc1NC(=O)c1ccco1. The number of benzene rings is 1. The van der Waals surface area contributed by atoms with Crippen LogP contribution in [0.1, 0.15) is 71.4 Å². The average Bonchev–Trinajstić information content (AvgIpc) is 3.23. The summed E-state index contributed by atoms with van der Waals surface area (Å²) in [7, 11) is 0. The Labute approximate surface area is 177 Å². The molecule has 0 aliphatic heterocycles. The van der Waals surface area contributed by atoms with Gasteiger partial charge < -0.3 is 15.1 Å². The molecule has 0 spiro atoms. The van der Waals surface area contributed by atoms with Crippen LogP contribution in [-0.4, -0.2) is 18.4 Å². The van der Waals surface area contributed by atoms with Gasteiger partial charge in [0.2, 0.25) is 0 Å². The summed E-state index contributed by atoms with van der Waals surface area (Å²) in [6.07, 6.45) is 11.0. The molecule has 1 aromatic heterocycles. The van der Waals surface area contributed by atoms with Crippen molar-refractivity contribution in [2.45, 2.75) is 51.9 Å². The van der Waals surface area contributed by atoms with Crippen LogP contribution in [0.2, 0.25) is 0 Å². The summed E-state index contributed by atoms with van der Waals surface area (Å²) in [6, 6.07) is 8.72. The first kappa shape index (κ1) is 19.4. The number of rotatable bonds is 6. The van der Waals surface area contributed by atoms with E-state index in [0.29, 0.717) is 16.7 Å². The zero-order valence-corrected chi connectivity index (χ0v) is 17.6. The van der Waals surface area contributed by atoms with E-state index in [1.807, 2.05) is 19.1 Å². The van der Waals surface area contributed by atoms with Crippen LogP contribution < -0.4 is 10.6 Å². The van der Waals surface area contributed by atoms with E-state index in [-0.39, 0.29) is 17.6 Å². The molecule has 2 aromatic rings. The zero-order valence-electron chi connectivity index (χ0n) is 17.6. The van der Waals surface area contributed by atoms with Crippen LogP contribution in [-0.2, 0) is 0 Å². The van der Waals surface area contributed by atoms with Crippen molar-refractivity contribution in [1.82, 2.24) is 5.32 Å². The van der Waals surface area contributed by atoms with E-state index in [0.717, 1.165) is 36.3 Å². The van der Waals surface area contributed by atoms with Crippen molar-refractivity contribution in [2.24, 2.45) is 23.2 Å². The van der Waals surface area contributed by atoms with Crippen molar-refractivity contribution in [3.8, 4) is 0 Å². The number of hydrogen-bond acceptors (Lipinski definition) is 3. The van der Waals surface area contributed by atoms with Gasteiger partial charge in [0.15, 0.2) is 5.76 Å². The summed E-state index contributed by atoms with van der Waals surface area (Å²) in [5.41, 5.74) is 2.57. The largest absolute Gasteiger partial charge is 0.459 e. The molecular formula is C25H30N2O3. The molecule has 0 atom stereocenters. The highest BCUT2D eigenvalue weighted by molar-refractivity contribution is 6.03. The van der Waals surface area contributed by atoms with Gasteiger partial charge in [-0.15, -0.1) is 0 Å². The summed E-state index contributed by atoms with van der Waals surface area (Å²) >= 11 is 0. The number of furan rings is 1. The highest BCUT2D eigenvalue weighted by atomic mass is 16.3. The molecule has 4 fully saturated rings. The van der Waals surface area contributed by atoms with Crippen LogP contribution in [0.5, 0.6) is 0 Å². The lowest BCUT2D eigenvalue weighted by atomic mass is 9.49. The number of hydrogen-bond donors (Lipinski definition) is 2. The molecule has 4 aliphatic rings. The highest BCUT2D eigenvalue weighted by Crippen LogP contribution is 2.61. The molecule has 0 unspecified atom stereocenters. The van der Waals surface area contributed by atoms with Crippen LogP contribution in [0.25, 0.3) is 0 Å². The fourth-order valence-corrected chi connectivity index (χ4v) is 6.63. The van der Waals surface area contributed by atoms with E-state index in [1.165, 1.54) is 44.8 Å². The summed E-state index contributed by atoms with van der Waals surface area (Å²) in [5, 5.41) is 5.97. The maximum Gasteiger partial charge on any atom is 0.291 e. The second-order valence-corrected chi connectivity index (χ2v) is 9.88. The fourth-order valence-electron chi connectivity index (χ4n) is 6.63. The van der Waals surface area contributed by atoms with Crippen LogP contribution in [0.4, 0.5) is 5.69 Å². The third-order valence-electron chi connectivity index (χ3n) is 7.60. The first-order valence-electron chi connectivity index (χ1n) is 11.2. The Morgan fingerprint density at radius 3 is 2.37 bits per heavy atom. The molecule has 1 heterocycles. The minimum Gasteiger partial charge on any atom is -0.459 e. The van der Waals surface area contributed by atoms with E-state index in [9.17, 15) is 9.59 Å². The topological polar surface area (TPSA) is 71.3 Å². The van der Waals surface area contributed by atoms with Crippen LogP contribution in [0.15, 0.2) is 41.0 Å². The Balaban J connectivity index is 1.20. The maximum absolute atomic E-state index is 12.8. The molecule has 4 aliphatic carbocycles. The van der Waals surface area contributed by atoms with Crippen molar-refractivity contribution >= 4 is 17.5 Å². The molecule has 30 heavy (non-hydrogen) atoms. The van der Waals surface area contributed by atoms with E-state index >= 15 is 0 Å². The third-order valence-corrected chi connectivity index (χ3v) is 7.60. The normalized spacial score (nSPS) is 29.0. The van der Waals surface area contributed by atoms with E-state index in [2.05, 4.69) is 10.6 Å². The van der Waals surface area contributed by atoms with Gasteiger partial charge in [-0.25, -0.2) is 0 Å². The van der Waals surface area contributed by atoms with Crippen LogP contribution in [0, 0.1) is 30.1 Å². The van der Waals surface area contributed by atoms with Crippen molar-refractivity contribution in [2.75, 3.05) is 11.9 Å². The quantitative estimate of drug-likeness (QED) is 0.695. The van der Waals surface area contributed by atoms with Gasteiger partial charge in [0.1, 0.15) is 0 Å². The minimum absolute atomic E-state index is 0.0757. The maximum atomic E-state index is 12.8. The second kappa shape index (κ2) is 7.60. The molecular weight excluding hydrogens is 376 g/mol. The molecule has 4 bridgehead atoms. The second-order valence-electron chi connectivity index (χ2n) is 9.88. The number of anilines is 1. The van der Waals surface area contributed by atoms with E-state index in [1.54, 1.807) is 18.2 Å². The Kier molecular flexibility index (Phi) is 4.92. The first-order chi connectivity index (χ1) is 14.5. The predicted octanol–water partition coefficient (Wildman–Crippen LogP) is 5.18. The average molecular weight is 407 g/mol.